The van der Waals surface area contributed by atoms with Gasteiger partial charge in [-0.3, -0.25) is 9.78 Å². The Balaban J connectivity index is 1.80. The second kappa shape index (κ2) is 4.59. The Kier molecular flexibility index (Phi) is 2.94. The van der Waals surface area contributed by atoms with E-state index in [1.165, 1.54) is 25.6 Å². The lowest BCUT2D eigenvalue weighted by atomic mass is 9.90. The van der Waals surface area contributed by atoms with Gasteiger partial charge in [0, 0.05) is 30.2 Å². The van der Waals surface area contributed by atoms with Gasteiger partial charge in [0.15, 0.2) is 0 Å². The number of nitrogens with zero attached hydrogens (tertiary/aromatic N) is 2. The maximum atomic E-state index is 11.7. The van der Waals surface area contributed by atoms with Gasteiger partial charge in [-0.05, 0) is 37.8 Å². The third kappa shape index (κ3) is 1.85. The van der Waals surface area contributed by atoms with E-state index >= 15 is 0 Å². The molecule has 2 aliphatic rings. The molecule has 1 aromatic rings. The summed E-state index contributed by atoms with van der Waals surface area (Å²) in [5.74, 6) is 0.0480. The van der Waals surface area contributed by atoms with Crippen molar-refractivity contribution in [2.24, 2.45) is 5.92 Å². The number of fused-ring (bicyclic) bond motifs is 2. The van der Waals surface area contributed by atoms with E-state index in [2.05, 4.69) is 22.0 Å². The van der Waals surface area contributed by atoms with Crippen molar-refractivity contribution >= 4 is 11.7 Å². The smallest absolute Gasteiger partial charge is 0.308 e. The molecule has 2 atom stereocenters. The number of esters is 1. The van der Waals surface area contributed by atoms with Gasteiger partial charge in [0.05, 0.1) is 13.0 Å². The Bertz CT molecular complexity index is 421. The molecule has 0 radical (unpaired) electrons. The monoisotopic (exact) mass is 246 g/mol. The van der Waals surface area contributed by atoms with Crippen molar-refractivity contribution in [3.63, 3.8) is 0 Å². The lowest BCUT2D eigenvalue weighted by Gasteiger charge is -2.39. The van der Waals surface area contributed by atoms with E-state index < -0.39 is 0 Å². The summed E-state index contributed by atoms with van der Waals surface area (Å²) in [5.41, 5.74) is 1.24. The van der Waals surface area contributed by atoms with Crippen LogP contribution in [0.25, 0.3) is 0 Å². The fourth-order valence-corrected chi connectivity index (χ4v) is 3.47. The van der Waals surface area contributed by atoms with E-state index in [0.717, 1.165) is 12.8 Å². The number of hydrogen-bond donors (Lipinski definition) is 0. The number of carbonyl (C=O) groups is 1. The van der Waals surface area contributed by atoms with E-state index in [0.29, 0.717) is 12.1 Å². The molecular weight excluding hydrogens is 228 g/mol. The first-order chi connectivity index (χ1) is 8.79. The molecule has 2 unspecified atom stereocenters. The maximum absolute atomic E-state index is 11.7. The van der Waals surface area contributed by atoms with E-state index in [9.17, 15) is 4.79 Å². The Morgan fingerprint density at radius 2 is 1.89 bits per heavy atom. The van der Waals surface area contributed by atoms with Crippen molar-refractivity contribution in [2.45, 2.75) is 37.8 Å². The minimum absolute atomic E-state index is 0.0405. The quantitative estimate of drug-likeness (QED) is 0.749. The molecular formula is C14H18N2O2. The molecule has 3 heterocycles. The second-order valence-corrected chi connectivity index (χ2v) is 5.19. The van der Waals surface area contributed by atoms with E-state index in [4.69, 9.17) is 4.74 Å². The van der Waals surface area contributed by atoms with Gasteiger partial charge < -0.3 is 9.64 Å². The minimum atomic E-state index is -0.0405. The third-order valence-electron chi connectivity index (χ3n) is 4.23. The molecule has 0 amide bonds. The lowest BCUT2D eigenvalue weighted by molar-refractivity contribution is -0.146. The highest BCUT2D eigenvalue weighted by molar-refractivity contribution is 5.73. The lowest BCUT2D eigenvalue weighted by Crippen LogP contribution is -2.45. The zero-order valence-electron chi connectivity index (χ0n) is 10.6. The fraction of sp³-hybridized carbons (Fsp3) is 0.571. The molecule has 2 bridgehead atoms. The van der Waals surface area contributed by atoms with Crippen LogP contribution in [0, 0.1) is 5.92 Å². The molecule has 0 spiro atoms. The van der Waals surface area contributed by atoms with Crippen LogP contribution >= 0.6 is 0 Å². The Hall–Kier alpha value is -1.58. The Morgan fingerprint density at radius 1 is 1.28 bits per heavy atom. The van der Waals surface area contributed by atoms with Crippen LogP contribution in [0.5, 0.6) is 0 Å². The van der Waals surface area contributed by atoms with E-state index in [1.54, 1.807) is 0 Å². The predicted octanol–water partition coefficient (Wildman–Crippen LogP) is 2.00. The van der Waals surface area contributed by atoms with Crippen molar-refractivity contribution in [2.75, 3.05) is 12.0 Å². The summed E-state index contributed by atoms with van der Waals surface area (Å²) in [5, 5.41) is 0. The van der Waals surface area contributed by atoms with Crippen LogP contribution in [0.15, 0.2) is 24.5 Å². The fourth-order valence-electron chi connectivity index (χ4n) is 3.47. The van der Waals surface area contributed by atoms with E-state index in [-0.39, 0.29) is 11.9 Å². The van der Waals surface area contributed by atoms with Gasteiger partial charge in [0.25, 0.3) is 0 Å². The molecule has 4 heteroatoms. The Labute approximate surface area is 107 Å². The first kappa shape index (κ1) is 11.5. The van der Waals surface area contributed by atoms with E-state index in [1.807, 2.05) is 12.4 Å². The molecule has 4 nitrogen and oxygen atoms in total. The molecule has 2 saturated heterocycles. The number of rotatable bonds is 2. The molecule has 96 valence electrons. The van der Waals surface area contributed by atoms with Crippen molar-refractivity contribution in [3.05, 3.63) is 24.5 Å². The van der Waals surface area contributed by atoms with Gasteiger partial charge in [-0.1, -0.05) is 0 Å². The zero-order valence-corrected chi connectivity index (χ0v) is 10.6. The topological polar surface area (TPSA) is 42.4 Å². The average molecular weight is 246 g/mol. The van der Waals surface area contributed by atoms with Gasteiger partial charge in [0.2, 0.25) is 0 Å². The number of pyridine rings is 1. The summed E-state index contributed by atoms with van der Waals surface area (Å²) >= 11 is 0. The largest absolute Gasteiger partial charge is 0.469 e. The summed E-state index contributed by atoms with van der Waals surface area (Å²) in [4.78, 5) is 18.2. The van der Waals surface area contributed by atoms with Gasteiger partial charge in [0.1, 0.15) is 0 Å². The molecule has 0 saturated carbocycles. The molecule has 18 heavy (non-hydrogen) atoms. The predicted molar refractivity (Wildman–Crippen MR) is 68.3 cm³/mol. The van der Waals surface area contributed by atoms with Crippen molar-refractivity contribution in [1.29, 1.82) is 0 Å². The van der Waals surface area contributed by atoms with Crippen molar-refractivity contribution < 1.29 is 9.53 Å². The summed E-state index contributed by atoms with van der Waals surface area (Å²) in [6.07, 6.45) is 7.88. The summed E-state index contributed by atoms with van der Waals surface area (Å²) < 4.78 is 4.89. The standard InChI is InChI=1S/C14H18N2O2/c1-18-14(17)10-8-12-2-3-13(9-10)16(12)11-4-6-15-7-5-11/h4-7,10,12-13H,2-3,8-9H2,1H3. The normalized spacial score (nSPS) is 30.3. The highest BCUT2D eigenvalue weighted by Gasteiger charge is 2.43. The number of hydrogen-bond acceptors (Lipinski definition) is 4. The van der Waals surface area contributed by atoms with Crippen LogP contribution < -0.4 is 4.90 Å². The zero-order chi connectivity index (χ0) is 12.5. The first-order valence-corrected chi connectivity index (χ1v) is 6.56. The highest BCUT2D eigenvalue weighted by Crippen LogP contribution is 2.41. The number of anilines is 1. The minimum Gasteiger partial charge on any atom is -0.469 e. The molecule has 0 aliphatic carbocycles. The molecule has 0 N–H and O–H groups in total. The molecule has 2 fully saturated rings. The van der Waals surface area contributed by atoms with Gasteiger partial charge >= 0.3 is 5.97 Å². The molecule has 3 rings (SSSR count). The Morgan fingerprint density at radius 3 is 2.44 bits per heavy atom. The van der Waals surface area contributed by atoms with Gasteiger partial charge in [-0.2, -0.15) is 0 Å². The molecule has 1 aromatic heterocycles. The number of methoxy groups -OCH3 is 1. The number of piperidine rings is 1. The maximum Gasteiger partial charge on any atom is 0.308 e. The van der Waals surface area contributed by atoms with Gasteiger partial charge in [-0.15, -0.1) is 0 Å². The van der Waals surface area contributed by atoms with Crippen LogP contribution in [-0.4, -0.2) is 30.1 Å². The highest BCUT2D eigenvalue weighted by atomic mass is 16.5. The van der Waals surface area contributed by atoms with Crippen LogP contribution in [0.4, 0.5) is 5.69 Å². The number of ether oxygens (including phenoxy) is 1. The van der Waals surface area contributed by atoms with Crippen molar-refractivity contribution in [1.82, 2.24) is 4.98 Å². The summed E-state index contributed by atoms with van der Waals surface area (Å²) in [6, 6.07) is 5.08. The number of aromatic nitrogens is 1. The van der Waals surface area contributed by atoms with Crippen LogP contribution in [0.2, 0.25) is 0 Å². The molecule has 0 aromatic carbocycles. The van der Waals surface area contributed by atoms with Crippen LogP contribution in [-0.2, 0) is 9.53 Å². The first-order valence-electron chi connectivity index (χ1n) is 6.56. The second-order valence-electron chi connectivity index (χ2n) is 5.19. The average Bonchev–Trinajstić information content (AvgIpc) is 2.69. The summed E-state index contributed by atoms with van der Waals surface area (Å²) in [6.45, 7) is 0. The summed E-state index contributed by atoms with van der Waals surface area (Å²) in [7, 11) is 1.49. The molecule has 2 aliphatic heterocycles. The van der Waals surface area contributed by atoms with Crippen LogP contribution in [0.1, 0.15) is 25.7 Å². The third-order valence-corrected chi connectivity index (χ3v) is 4.23. The SMILES string of the molecule is COC(=O)C1CC2CCC(C1)N2c1ccncc1. The van der Waals surface area contributed by atoms with Crippen LogP contribution in [0.3, 0.4) is 0 Å². The number of carbonyl (C=O) groups excluding carboxylic acids is 1. The van der Waals surface area contributed by atoms with Gasteiger partial charge in [-0.25, -0.2) is 0 Å². The van der Waals surface area contributed by atoms with Crippen molar-refractivity contribution in [3.8, 4) is 0 Å².